The van der Waals surface area contributed by atoms with Crippen LogP contribution in [-0.4, -0.2) is 11.1 Å². The zero-order chi connectivity index (χ0) is 17.5. The van der Waals surface area contributed by atoms with Gasteiger partial charge in [-0.05, 0) is 16.7 Å². The lowest BCUT2D eigenvalue weighted by atomic mass is 9.83. The lowest BCUT2D eigenvalue weighted by Gasteiger charge is -2.34. The first-order chi connectivity index (χ1) is 12.2. The Morgan fingerprint density at radius 1 is 0.760 bits per heavy atom. The van der Waals surface area contributed by atoms with Gasteiger partial charge in [0.25, 0.3) is 0 Å². The van der Waals surface area contributed by atoms with Crippen molar-refractivity contribution in [2.24, 2.45) is 0 Å². The Kier molecular flexibility index (Phi) is 5.26. The normalized spacial score (nSPS) is 11.2. The first kappa shape index (κ1) is 16.9. The van der Waals surface area contributed by atoms with Gasteiger partial charge in [0.2, 0.25) is 0 Å². The van der Waals surface area contributed by atoms with Crippen LogP contribution >= 0.6 is 0 Å². The first-order valence-electron chi connectivity index (χ1n) is 8.21. The van der Waals surface area contributed by atoms with Gasteiger partial charge in [-0.15, -0.1) is 0 Å². The number of carboxylic acids is 1. The van der Waals surface area contributed by atoms with E-state index in [1.165, 1.54) is 0 Å². The lowest BCUT2D eigenvalue weighted by Crippen LogP contribution is -2.34. The molecule has 0 bridgehead atoms. The second-order valence-electron chi connectivity index (χ2n) is 5.90. The highest BCUT2D eigenvalue weighted by molar-refractivity contribution is 5.70. The fraction of sp³-hybridized carbons (Fsp3) is 0.136. The summed E-state index contributed by atoms with van der Waals surface area (Å²) in [5.41, 5.74) is 1.63. The number of rotatable bonds is 7. The Morgan fingerprint density at radius 3 is 1.64 bits per heavy atom. The van der Waals surface area contributed by atoms with Crippen molar-refractivity contribution >= 4 is 5.97 Å². The summed E-state index contributed by atoms with van der Waals surface area (Å²) in [7, 11) is 0. The summed E-state index contributed by atoms with van der Waals surface area (Å²) in [6.07, 6.45) is -0.145. The lowest BCUT2D eigenvalue weighted by molar-refractivity contribution is -0.144. The molecular weight excluding hydrogens is 312 g/mol. The van der Waals surface area contributed by atoms with Crippen LogP contribution < -0.4 is 0 Å². The zero-order valence-corrected chi connectivity index (χ0v) is 13.8. The highest BCUT2D eigenvalue weighted by Crippen LogP contribution is 2.38. The van der Waals surface area contributed by atoms with Crippen LogP contribution in [0.1, 0.15) is 23.1 Å². The maximum Gasteiger partial charge on any atom is 0.307 e. The Bertz CT molecular complexity index is 759. The summed E-state index contributed by atoms with van der Waals surface area (Å²) in [6, 6.07) is 28.9. The van der Waals surface area contributed by atoms with E-state index in [9.17, 15) is 9.90 Å². The molecule has 3 aromatic carbocycles. The number of benzene rings is 3. The fourth-order valence-corrected chi connectivity index (χ4v) is 3.00. The van der Waals surface area contributed by atoms with Crippen LogP contribution in [0.4, 0.5) is 0 Å². The van der Waals surface area contributed by atoms with E-state index in [1.54, 1.807) is 0 Å². The molecule has 25 heavy (non-hydrogen) atoms. The van der Waals surface area contributed by atoms with Crippen molar-refractivity contribution < 1.29 is 14.6 Å². The molecule has 0 saturated carbocycles. The van der Waals surface area contributed by atoms with Crippen LogP contribution in [0.25, 0.3) is 0 Å². The van der Waals surface area contributed by atoms with E-state index in [0.717, 1.165) is 16.7 Å². The van der Waals surface area contributed by atoms with Gasteiger partial charge in [-0.1, -0.05) is 91.0 Å². The quantitative estimate of drug-likeness (QED) is 0.686. The standard InChI is InChI=1S/C22H20O3/c23-21(24)16-22(19-12-6-2-7-13-19,20-14-8-3-9-15-20)25-17-18-10-4-1-5-11-18/h1-15H,16-17H2,(H,23,24). The van der Waals surface area contributed by atoms with Crippen LogP contribution in [0, 0.1) is 0 Å². The molecule has 0 fully saturated rings. The molecule has 3 nitrogen and oxygen atoms in total. The van der Waals surface area contributed by atoms with E-state index < -0.39 is 11.6 Å². The predicted octanol–water partition coefficient (Wildman–Crippen LogP) is 4.62. The average Bonchev–Trinajstić information content (AvgIpc) is 2.67. The Morgan fingerprint density at radius 2 is 1.20 bits per heavy atom. The van der Waals surface area contributed by atoms with Gasteiger partial charge in [0.1, 0.15) is 5.60 Å². The minimum atomic E-state index is -1.04. The summed E-state index contributed by atoms with van der Waals surface area (Å²) < 4.78 is 6.32. The second kappa shape index (κ2) is 7.77. The Hall–Kier alpha value is -2.91. The summed E-state index contributed by atoms with van der Waals surface area (Å²) in [5, 5.41) is 9.59. The highest BCUT2D eigenvalue weighted by atomic mass is 16.5. The summed E-state index contributed by atoms with van der Waals surface area (Å²) in [6.45, 7) is 0.331. The predicted molar refractivity (Wildman–Crippen MR) is 97.1 cm³/mol. The molecule has 126 valence electrons. The molecule has 0 aromatic heterocycles. The van der Waals surface area contributed by atoms with Crippen LogP contribution in [0.15, 0.2) is 91.0 Å². The fourth-order valence-electron chi connectivity index (χ4n) is 3.00. The van der Waals surface area contributed by atoms with E-state index in [1.807, 2.05) is 91.0 Å². The number of hydrogen-bond acceptors (Lipinski definition) is 2. The molecule has 3 rings (SSSR count). The molecule has 0 radical (unpaired) electrons. The molecule has 0 aliphatic heterocycles. The largest absolute Gasteiger partial charge is 0.481 e. The van der Waals surface area contributed by atoms with Crippen LogP contribution in [0.2, 0.25) is 0 Å². The molecule has 0 aliphatic carbocycles. The number of carbonyl (C=O) groups is 1. The van der Waals surface area contributed by atoms with Gasteiger partial charge in [0.05, 0.1) is 13.0 Å². The molecule has 3 aromatic rings. The van der Waals surface area contributed by atoms with Crippen molar-refractivity contribution in [1.29, 1.82) is 0 Å². The van der Waals surface area contributed by atoms with E-state index in [-0.39, 0.29) is 6.42 Å². The zero-order valence-electron chi connectivity index (χ0n) is 13.8. The monoisotopic (exact) mass is 332 g/mol. The molecule has 0 atom stereocenters. The topological polar surface area (TPSA) is 46.5 Å². The van der Waals surface area contributed by atoms with Crippen LogP contribution in [-0.2, 0) is 21.7 Å². The molecule has 0 aliphatic rings. The highest BCUT2D eigenvalue weighted by Gasteiger charge is 2.38. The van der Waals surface area contributed by atoms with Gasteiger partial charge < -0.3 is 9.84 Å². The van der Waals surface area contributed by atoms with Crippen molar-refractivity contribution in [3.63, 3.8) is 0 Å². The first-order valence-corrected chi connectivity index (χ1v) is 8.21. The number of carboxylic acid groups (broad SMARTS) is 1. The summed E-state index contributed by atoms with van der Waals surface area (Å²) >= 11 is 0. The maximum absolute atomic E-state index is 11.7. The van der Waals surface area contributed by atoms with Gasteiger partial charge in [-0.3, -0.25) is 4.79 Å². The third-order valence-corrected chi connectivity index (χ3v) is 4.21. The third-order valence-electron chi connectivity index (χ3n) is 4.21. The van der Waals surface area contributed by atoms with E-state index >= 15 is 0 Å². The molecule has 0 heterocycles. The molecule has 3 heteroatoms. The molecule has 0 amide bonds. The SMILES string of the molecule is O=C(O)CC(OCc1ccccc1)(c1ccccc1)c1ccccc1. The summed E-state index contributed by atoms with van der Waals surface area (Å²) in [4.78, 5) is 11.7. The van der Waals surface area contributed by atoms with Crippen molar-refractivity contribution in [3.05, 3.63) is 108 Å². The average molecular weight is 332 g/mol. The Labute approximate surface area is 147 Å². The van der Waals surface area contributed by atoms with Crippen molar-refractivity contribution in [1.82, 2.24) is 0 Å². The van der Waals surface area contributed by atoms with E-state index in [2.05, 4.69) is 0 Å². The minimum absolute atomic E-state index is 0.145. The van der Waals surface area contributed by atoms with Crippen molar-refractivity contribution in [3.8, 4) is 0 Å². The third kappa shape index (κ3) is 3.95. The number of ether oxygens (including phenoxy) is 1. The van der Waals surface area contributed by atoms with Crippen molar-refractivity contribution in [2.45, 2.75) is 18.6 Å². The summed E-state index contributed by atoms with van der Waals surface area (Å²) in [5.74, 6) is -0.902. The van der Waals surface area contributed by atoms with Gasteiger partial charge in [0, 0.05) is 0 Å². The van der Waals surface area contributed by atoms with E-state index in [0.29, 0.717) is 6.61 Å². The van der Waals surface area contributed by atoms with Crippen molar-refractivity contribution in [2.75, 3.05) is 0 Å². The molecule has 0 unspecified atom stereocenters. The Balaban J connectivity index is 2.06. The van der Waals surface area contributed by atoms with Crippen LogP contribution in [0.3, 0.4) is 0 Å². The molecule has 0 spiro atoms. The molecule has 1 N–H and O–H groups in total. The van der Waals surface area contributed by atoms with Gasteiger partial charge in [0.15, 0.2) is 0 Å². The molecule has 0 saturated heterocycles. The smallest absolute Gasteiger partial charge is 0.307 e. The van der Waals surface area contributed by atoms with Gasteiger partial charge in [-0.2, -0.15) is 0 Å². The second-order valence-corrected chi connectivity index (χ2v) is 5.90. The maximum atomic E-state index is 11.7. The molecular formula is C22H20O3. The van der Waals surface area contributed by atoms with Gasteiger partial charge in [-0.25, -0.2) is 0 Å². The number of aliphatic carboxylic acids is 1. The van der Waals surface area contributed by atoms with Gasteiger partial charge >= 0.3 is 5.97 Å². The number of hydrogen-bond donors (Lipinski definition) is 1. The van der Waals surface area contributed by atoms with E-state index in [4.69, 9.17) is 4.74 Å². The van der Waals surface area contributed by atoms with Crippen LogP contribution in [0.5, 0.6) is 0 Å². The minimum Gasteiger partial charge on any atom is -0.481 e.